The lowest BCUT2D eigenvalue weighted by molar-refractivity contribution is -0.126. The topological polar surface area (TPSA) is 96.8 Å². The molecule has 1 saturated heterocycles. The molecule has 3 aromatic rings. The van der Waals surface area contributed by atoms with E-state index in [-0.39, 0.29) is 11.9 Å². The zero-order valence-corrected chi connectivity index (χ0v) is 16.1. The van der Waals surface area contributed by atoms with Gasteiger partial charge in [-0.05, 0) is 37.5 Å². The summed E-state index contributed by atoms with van der Waals surface area (Å²) in [6.07, 6.45) is 13.5. The maximum Gasteiger partial charge on any atom is 0.247 e. The van der Waals surface area contributed by atoms with Crippen molar-refractivity contribution in [3.05, 3.63) is 72.3 Å². The Balaban J connectivity index is 1.53. The third-order valence-electron chi connectivity index (χ3n) is 4.66. The Bertz CT molecular complexity index is 1010. The van der Waals surface area contributed by atoms with Crippen LogP contribution in [0.5, 0.6) is 0 Å². The number of carbonyl (C=O) groups is 1. The number of carbonyl (C=O) groups excluding carboxylic acids is 1. The zero-order valence-electron chi connectivity index (χ0n) is 16.1. The Kier molecular flexibility index (Phi) is 5.51. The van der Waals surface area contributed by atoms with Crippen molar-refractivity contribution in [2.24, 2.45) is 0 Å². The van der Waals surface area contributed by atoms with Gasteiger partial charge in [0, 0.05) is 43.5 Å². The second-order valence-electron chi connectivity index (χ2n) is 6.75. The molecule has 0 saturated carbocycles. The van der Waals surface area contributed by atoms with Gasteiger partial charge in [0.25, 0.3) is 0 Å². The lowest BCUT2D eigenvalue weighted by atomic mass is 10.1. The molecule has 1 atom stereocenters. The molecule has 1 fully saturated rings. The fourth-order valence-electron chi connectivity index (χ4n) is 3.40. The van der Waals surface area contributed by atoms with Crippen molar-refractivity contribution in [1.82, 2.24) is 29.8 Å². The van der Waals surface area contributed by atoms with Crippen LogP contribution < -0.4 is 5.32 Å². The van der Waals surface area contributed by atoms with Crippen LogP contribution in [0.15, 0.2) is 55.3 Å². The number of nitrogens with one attached hydrogen (secondary N) is 1. The number of aromatic nitrogens is 5. The molecule has 8 heteroatoms. The van der Waals surface area contributed by atoms with E-state index in [1.54, 1.807) is 43.1 Å². The number of hydrogen-bond donors (Lipinski definition) is 1. The van der Waals surface area contributed by atoms with E-state index < -0.39 is 0 Å². The maximum absolute atomic E-state index is 12.8. The van der Waals surface area contributed by atoms with E-state index in [9.17, 15) is 4.79 Å². The Morgan fingerprint density at radius 3 is 2.86 bits per heavy atom. The predicted molar refractivity (Wildman–Crippen MR) is 109 cm³/mol. The van der Waals surface area contributed by atoms with E-state index >= 15 is 0 Å². The van der Waals surface area contributed by atoms with E-state index in [0.717, 1.165) is 24.1 Å². The number of anilines is 2. The number of nitrogens with zero attached hydrogens (tertiary/aromatic N) is 6. The largest absolute Gasteiger partial charge is 0.331 e. The number of hydrogen-bond acceptors (Lipinski definition) is 7. The molecule has 1 amide bonds. The first kappa shape index (κ1) is 18.7. The fraction of sp³-hybridized carbons (Fsp3) is 0.238. The van der Waals surface area contributed by atoms with Crippen LogP contribution in [0, 0.1) is 6.92 Å². The first-order chi connectivity index (χ1) is 14.2. The molecule has 0 aromatic carbocycles. The van der Waals surface area contributed by atoms with Crippen molar-refractivity contribution in [1.29, 1.82) is 0 Å². The summed E-state index contributed by atoms with van der Waals surface area (Å²) in [6, 6.07) is 5.56. The highest BCUT2D eigenvalue weighted by atomic mass is 16.2. The van der Waals surface area contributed by atoms with Crippen LogP contribution in [0.1, 0.15) is 36.0 Å². The van der Waals surface area contributed by atoms with Crippen molar-refractivity contribution in [2.45, 2.75) is 25.8 Å². The van der Waals surface area contributed by atoms with Gasteiger partial charge in [-0.3, -0.25) is 14.8 Å². The Labute approximate surface area is 168 Å². The van der Waals surface area contributed by atoms with Crippen LogP contribution in [-0.2, 0) is 4.79 Å². The molecule has 4 heterocycles. The molecule has 1 unspecified atom stereocenters. The van der Waals surface area contributed by atoms with Crippen LogP contribution in [0.25, 0.3) is 6.08 Å². The summed E-state index contributed by atoms with van der Waals surface area (Å²) in [5.74, 6) is 1.85. The van der Waals surface area contributed by atoms with Crippen LogP contribution >= 0.6 is 0 Å². The minimum atomic E-state index is -0.0786. The van der Waals surface area contributed by atoms with Crippen molar-refractivity contribution in [3.63, 3.8) is 0 Å². The van der Waals surface area contributed by atoms with Crippen molar-refractivity contribution in [2.75, 3.05) is 11.9 Å². The highest BCUT2D eigenvalue weighted by Crippen LogP contribution is 2.32. The lowest BCUT2D eigenvalue weighted by Crippen LogP contribution is -2.29. The second-order valence-corrected chi connectivity index (χ2v) is 6.75. The molecule has 4 rings (SSSR count). The van der Waals surface area contributed by atoms with E-state index in [4.69, 9.17) is 0 Å². The Hall–Kier alpha value is -3.68. The predicted octanol–water partition coefficient (Wildman–Crippen LogP) is 3.09. The third kappa shape index (κ3) is 4.60. The van der Waals surface area contributed by atoms with Gasteiger partial charge in [0.15, 0.2) is 0 Å². The summed E-state index contributed by atoms with van der Waals surface area (Å²) in [4.78, 5) is 36.0. The monoisotopic (exact) mass is 387 g/mol. The van der Waals surface area contributed by atoms with E-state index in [2.05, 4.69) is 30.2 Å². The van der Waals surface area contributed by atoms with Gasteiger partial charge in [-0.15, -0.1) is 0 Å². The van der Waals surface area contributed by atoms with E-state index in [1.807, 2.05) is 30.0 Å². The average Bonchev–Trinajstić information content (AvgIpc) is 3.23. The van der Waals surface area contributed by atoms with Gasteiger partial charge in [-0.1, -0.05) is 6.07 Å². The zero-order chi connectivity index (χ0) is 20.1. The fourth-order valence-corrected chi connectivity index (χ4v) is 3.40. The number of rotatable bonds is 5. The van der Waals surface area contributed by atoms with Gasteiger partial charge in [0.2, 0.25) is 5.91 Å². The molecule has 1 N–H and O–H groups in total. The highest BCUT2D eigenvalue weighted by Gasteiger charge is 2.30. The van der Waals surface area contributed by atoms with Crippen LogP contribution in [-0.4, -0.2) is 42.3 Å². The van der Waals surface area contributed by atoms with Gasteiger partial charge in [-0.2, -0.15) is 0 Å². The standard InChI is InChI=1S/C21H21N7O/c1-15-25-17(12-19(26-15)27-20-14-23-9-10-24-20)18-5-3-11-28(18)21(29)7-6-16-4-2-8-22-13-16/h2,4,6-10,12-14,18H,3,5,11H2,1H3,(H,24,25,26,27)/b7-6+. The third-order valence-corrected chi connectivity index (χ3v) is 4.66. The first-order valence-corrected chi connectivity index (χ1v) is 9.46. The minimum Gasteiger partial charge on any atom is -0.331 e. The SMILES string of the molecule is Cc1nc(Nc2cnccn2)cc(C2CCCN2C(=O)/C=C/c2cccnc2)n1. The summed E-state index contributed by atoms with van der Waals surface area (Å²) >= 11 is 0. The second kappa shape index (κ2) is 8.55. The minimum absolute atomic E-state index is 0.0314. The number of aryl methyl sites for hydroxylation is 1. The Morgan fingerprint density at radius 1 is 1.17 bits per heavy atom. The van der Waals surface area contributed by atoms with Crippen molar-refractivity contribution < 1.29 is 4.79 Å². The summed E-state index contributed by atoms with van der Waals surface area (Å²) in [5.41, 5.74) is 1.72. The molecule has 3 aromatic heterocycles. The summed E-state index contributed by atoms with van der Waals surface area (Å²) in [6.45, 7) is 2.55. The van der Waals surface area contributed by atoms with Gasteiger partial charge in [0.05, 0.1) is 17.9 Å². The molecule has 0 aliphatic carbocycles. The molecular weight excluding hydrogens is 366 g/mol. The lowest BCUT2D eigenvalue weighted by Gasteiger charge is -2.23. The molecule has 146 valence electrons. The number of likely N-dealkylation sites (tertiary alicyclic amines) is 1. The van der Waals surface area contributed by atoms with Gasteiger partial charge < -0.3 is 10.2 Å². The summed E-state index contributed by atoms with van der Waals surface area (Å²) < 4.78 is 0. The molecule has 29 heavy (non-hydrogen) atoms. The average molecular weight is 387 g/mol. The van der Waals surface area contributed by atoms with Crippen molar-refractivity contribution in [3.8, 4) is 0 Å². The molecule has 1 aliphatic heterocycles. The molecule has 0 spiro atoms. The van der Waals surface area contributed by atoms with Crippen molar-refractivity contribution >= 4 is 23.6 Å². The molecule has 0 radical (unpaired) electrons. The number of pyridine rings is 1. The smallest absolute Gasteiger partial charge is 0.247 e. The highest BCUT2D eigenvalue weighted by molar-refractivity contribution is 5.92. The quantitative estimate of drug-likeness (QED) is 0.672. The van der Waals surface area contributed by atoms with Crippen LogP contribution in [0.4, 0.5) is 11.6 Å². The van der Waals surface area contributed by atoms with Crippen LogP contribution in [0.3, 0.4) is 0 Å². The Morgan fingerprint density at radius 2 is 2.07 bits per heavy atom. The number of amides is 1. The summed E-state index contributed by atoms with van der Waals surface area (Å²) in [5, 5.41) is 3.15. The molecule has 1 aliphatic rings. The maximum atomic E-state index is 12.8. The van der Waals surface area contributed by atoms with Crippen LogP contribution in [0.2, 0.25) is 0 Å². The van der Waals surface area contributed by atoms with E-state index in [1.165, 1.54) is 0 Å². The van der Waals surface area contributed by atoms with Gasteiger partial charge in [-0.25, -0.2) is 15.0 Å². The summed E-state index contributed by atoms with van der Waals surface area (Å²) in [7, 11) is 0. The molecular formula is C21H21N7O. The van der Waals surface area contributed by atoms with E-state index in [0.29, 0.717) is 24.0 Å². The molecule has 8 nitrogen and oxygen atoms in total. The first-order valence-electron chi connectivity index (χ1n) is 9.46. The molecule has 0 bridgehead atoms. The van der Waals surface area contributed by atoms with Gasteiger partial charge >= 0.3 is 0 Å². The van der Waals surface area contributed by atoms with Gasteiger partial charge in [0.1, 0.15) is 17.5 Å². The normalized spacial score (nSPS) is 16.3.